The molecule has 0 fully saturated rings. The smallest absolute Gasteiger partial charge is 0.253 e. The summed E-state index contributed by atoms with van der Waals surface area (Å²) in [6.45, 7) is 0.553. The Labute approximate surface area is 128 Å². The van der Waals surface area contributed by atoms with Crippen molar-refractivity contribution in [2.75, 3.05) is 12.4 Å². The minimum Gasteiger partial charge on any atom is -0.380 e. The molecule has 0 aliphatic carbocycles. The molecule has 2 rings (SSSR count). The van der Waals surface area contributed by atoms with Crippen LogP contribution < -0.4 is 10.6 Å². The summed E-state index contributed by atoms with van der Waals surface area (Å²) in [6.07, 6.45) is 0. The summed E-state index contributed by atoms with van der Waals surface area (Å²) < 4.78 is 0. The van der Waals surface area contributed by atoms with Gasteiger partial charge in [0.25, 0.3) is 5.91 Å². The molecule has 0 bridgehead atoms. The maximum absolute atomic E-state index is 11.8. The van der Waals surface area contributed by atoms with E-state index in [1.54, 1.807) is 37.4 Å². The average molecular weight is 300 g/mol. The molecule has 106 valence electrons. The lowest BCUT2D eigenvalue weighted by Crippen LogP contribution is -2.19. The normalized spacial score (nSPS) is 9.76. The van der Waals surface area contributed by atoms with Crippen molar-refractivity contribution in [2.45, 2.75) is 6.54 Å². The fraction of sp³-hybridized carbons (Fsp3) is 0.125. The third-order valence-corrected chi connectivity index (χ3v) is 3.25. The van der Waals surface area contributed by atoms with Crippen LogP contribution in [0.4, 0.5) is 5.69 Å². The Hall–Kier alpha value is -2.51. The number of hydrogen-bond acceptors (Lipinski definition) is 3. The van der Waals surface area contributed by atoms with Gasteiger partial charge in [-0.25, -0.2) is 0 Å². The largest absolute Gasteiger partial charge is 0.380 e. The molecule has 5 heteroatoms. The molecule has 2 N–H and O–H groups in total. The van der Waals surface area contributed by atoms with Crippen LogP contribution in [-0.2, 0) is 6.54 Å². The molecule has 1 amide bonds. The summed E-state index contributed by atoms with van der Waals surface area (Å²) in [4.78, 5) is 11.8. The number of benzene rings is 2. The zero-order valence-electron chi connectivity index (χ0n) is 11.5. The van der Waals surface area contributed by atoms with Gasteiger partial charge in [-0.3, -0.25) is 4.79 Å². The molecule has 4 nitrogen and oxygen atoms in total. The van der Waals surface area contributed by atoms with E-state index in [9.17, 15) is 4.79 Å². The van der Waals surface area contributed by atoms with E-state index in [0.717, 1.165) is 5.56 Å². The first-order valence-corrected chi connectivity index (χ1v) is 6.76. The summed E-state index contributed by atoms with van der Waals surface area (Å²) in [6, 6.07) is 14.5. The van der Waals surface area contributed by atoms with Gasteiger partial charge in [-0.15, -0.1) is 0 Å². The van der Waals surface area contributed by atoms with Gasteiger partial charge in [0.05, 0.1) is 17.2 Å². The Morgan fingerprint density at radius 1 is 1.24 bits per heavy atom. The Morgan fingerprint density at radius 2 is 1.95 bits per heavy atom. The molecule has 0 aromatic heterocycles. The average Bonchev–Trinajstić information content (AvgIpc) is 2.53. The van der Waals surface area contributed by atoms with E-state index in [4.69, 9.17) is 16.9 Å². The highest BCUT2D eigenvalue weighted by Gasteiger charge is 2.10. The second kappa shape index (κ2) is 6.78. The number of rotatable bonds is 4. The van der Waals surface area contributed by atoms with E-state index >= 15 is 0 Å². The van der Waals surface area contributed by atoms with E-state index < -0.39 is 0 Å². The number of anilines is 1. The van der Waals surface area contributed by atoms with Crippen LogP contribution >= 0.6 is 11.6 Å². The predicted molar refractivity (Wildman–Crippen MR) is 83.3 cm³/mol. The zero-order chi connectivity index (χ0) is 15.2. The summed E-state index contributed by atoms with van der Waals surface area (Å²) in [5.41, 5.74) is 2.85. The van der Waals surface area contributed by atoms with Gasteiger partial charge in [0.1, 0.15) is 0 Å². The lowest BCUT2D eigenvalue weighted by atomic mass is 10.1. The molecule has 2 aromatic rings. The number of halogens is 1. The number of nitrogens with zero attached hydrogens (tertiary/aromatic N) is 1. The third kappa shape index (κ3) is 3.74. The Bertz CT molecular complexity index is 690. The van der Waals surface area contributed by atoms with Crippen molar-refractivity contribution in [1.82, 2.24) is 5.32 Å². The van der Waals surface area contributed by atoms with Crippen molar-refractivity contribution in [3.63, 3.8) is 0 Å². The van der Waals surface area contributed by atoms with E-state index in [1.165, 1.54) is 0 Å². The van der Waals surface area contributed by atoms with Crippen LogP contribution in [0.25, 0.3) is 0 Å². The monoisotopic (exact) mass is 299 g/mol. The maximum Gasteiger partial charge on any atom is 0.253 e. The van der Waals surface area contributed by atoms with Gasteiger partial charge in [0.2, 0.25) is 0 Å². The molecule has 0 saturated heterocycles. The van der Waals surface area contributed by atoms with Crippen LogP contribution in [0, 0.1) is 11.3 Å². The van der Waals surface area contributed by atoms with Gasteiger partial charge in [-0.1, -0.05) is 23.7 Å². The molecule has 0 atom stereocenters. The highest BCUT2D eigenvalue weighted by atomic mass is 35.5. The quantitative estimate of drug-likeness (QED) is 0.911. The molecule has 0 unspecified atom stereocenters. The summed E-state index contributed by atoms with van der Waals surface area (Å²) >= 11 is 5.93. The number of nitriles is 1. The third-order valence-electron chi connectivity index (χ3n) is 3.02. The van der Waals surface area contributed by atoms with E-state index in [-0.39, 0.29) is 5.91 Å². The number of hydrogen-bond donors (Lipinski definition) is 2. The minimum absolute atomic E-state index is 0.195. The molecular formula is C16H14ClN3O. The number of nitrogens with one attached hydrogen (secondary N) is 2. The van der Waals surface area contributed by atoms with E-state index in [1.807, 2.05) is 12.1 Å². The maximum atomic E-state index is 11.8. The standard InChI is InChI=1S/C16H14ClN3O/c1-19-16(21)14-8-13(17)6-7-15(14)20-10-12-4-2-11(9-18)3-5-12/h2-8,20H,10H2,1H3,(H,19,21). The fourth-order valence-electron chi connectivity index (χ4n) is 1.89. The number of amides is 1. The van der Waals surface area contributed by atoms with Crippen molar-refractivity contribution < 1.29 is 4.79 Å². The lowest BCUT2D eigenvalue weighted by Gasteiger charge is -2.12. The first-order chi connectivity index (χ1) is 10.1. The topological polar surface area (TPSA) is 64.9 Å². The first-order valence-electron chi connectivity index (χ1n) is 6.38. The van der Waals surface area contributed by atoms with Crippen molar-refractivity contribution in [1.29, 1.82) is 5.26 Å². The van der Waals surface area contributed by atoms with Crippen LogP contribution in [-0.4, -0.2) is 13.0 Å². The predicted octanol–water partition coefficient (Wildman–Crippen LogP) is 3.18. The summed E-state index contributed by atoms with van der Waals surface area (Å²) in [5.74, 6) is -0.195. The summed E-state index contributed by atoms with van der Waals surface area (Å²) in [7, 11) is 1.58. The van der Waals surface area contributed by atoms with Gasteiger partial charge in [0, 0.05) is 24.3 Å². The van der Waals surface area contributed by atoms with Gasteiger partial charge in [-0.2, -0.15) is 5.26 Å². The molecule has 21 heavy (non-hydrogen) atoms. The fourth-order valence-corrected chi connectivity index (χ4v) is 2.06. The molecule has 0 aliphatic rings. The summed E-state index contributed by atoms with van der Waals surface area (Å²) in [5, 5.41) is 15.1. The number of carbonyl (C=O) groups is 1. The molecule has 0 radical (unpaired) electrons. The van der Waals surface area contributed by atoms with Crippen molar-refractivity contribution in [3.05, 3.63) is 64.2 Å². The number of carbonyl (C=O) groups excluding carboxylic acids is 1. The Morgan fingerprint density at radius 3 is 2.57 bits per heavy atom. The molecule has 0 saturated carbocycles. The van der Waals surface area contributed by atoms with Gasteiger partial charge in [0.15, 0.2) is 0 Å². The second-order valence-corrected chi connectivity index (χ2v) is 4.87. The second-order valence-electron chi connectivity index (χ2n) is 4.43. The van der Waals surface area contributed by atoms with Gasteiger partial charge in [-0.05, 0) is 35.9 Å². The van der Waals surface area contributed by atoms with Crippen LogP contribution in [0.5, 0.6) is 0 Å². The SMILES string of the molecule is CNC(=O)c1cc(Cl)ccc1NCc1ccc(C#N)cc1. The van der Waals surface area contributed by atoms with Gasteiger partial charge >= 0.3 is 0 Å². The molecule has 0 heterocycles. The van der Waals surface area contributed by atoms with Crippen LogP contribution in [0.3, 0.4) is 0 Å². The first kappa shape index (κ1) is 14.9. The highest BCUT2D eigenvalue weighted by Crippen LogP contribution is 2.21. The minimum atomic E-state index is -0.195. The van der Waals surface area contributed by atoms with Crippen molar-refractivity contribution in [3.8, 4) is 6.07 Å². The van der Waals surface area contributed by atoms with Crippen LogP contribution in [0.2, 0.25) is 5.02 Å². The van der Waals surface area contributed by atoms with Crippen molar-refractivity contribution in [2.24, 2.45) is 0 Å². The lowest BCUT2D eigenvalue weighted by molar-refractivity contribution is 0.0964. The Balaban J connectivity index is 2.15. The van der Waals surface area contributed by atoms with Crippen molar-refractivity contribution >= 4 is 23.2 Å². The zero-order valence-corrected chi connectivity index (χ0v) is 12.2. The van der Waals surface area contributed by atoms with Crippen LogP contribution in [0.15, 0.2) is 42.5 Å². The van der Waals surface area contributed by atoms with E-state index in [2.05, 4.69) is 16.7 Å². The molecule has 0 spiro atoms. The molecule has 2 aromatic carbocycles. The molecule has 0 aliphatic heterocycles. The Kier molecular flexibility index (Phi) is 4.81. The van der Waals surface area contributed by atoms with Crippen LogP contribution in [0.1, 0.15) is 21.5 Å². The van der Waals surface area contributed by atoms with E-state index in [0.29, 0.717) is 28.4 Å². The molecular weight excluding hydrogens is 286 g/mol. The highest BCUT2D eigenvalue weighted by molar-refractivity contribution is 6.31. The van der Waals surface area contributed by atoms with Gasteiger partial charge < -0.3 is 10.6 Å².